The summed E-state index contributed by atoms with van der Waals surface area (Å²) in [6.45, 7) is 2.00. The van der Waals surface area contributed by atoms with Crippen molar-refractivity contribution in [3.05, 3.63) is 12.3 Å². The quantitative estimate of drug-likeness (QED) is 0.444. The molecule has 0 aliphatic carbocycles. The normalized spacial score (nSPS) is 29.4. The van der Waals surface area contributed by atoms with Crippen LogP contribution in [0.5, 0.6) is 0 Å². The summed E-state index contributed by atoms with van der Waals surface area (Å²) in [5.74, 6) is 0. The van der Waals surface area contributed by atoms with E-state index in [0.29, 0.717) is 0 Å². The summed E-state index contributed by atoms with van der Waals surface area (Å²) >= 11 is 0. The van der Waals surface area contributed by atoms with Gasteiger partial charge in [0.15, 0.2) is 0 Å². The van der Waals surface area contributed by atoms with E-state index in [2.05, 4.69) is 0 Å². The second-order valence-electron chi connectivity index (χ2n) is 1.70. The van der Waals surface area contributed by atoms with Gasteiger partial charge in [0.25, 0.3) is 0 Å². The zero-order valence-corrected chi connectivity index (χ0v) is 4.59. The Morgan fingerprint density at radius 3 is 2.57 bits per heavy atom. The van der Waals surface area contributed by atoms with Crippen LogP contribution < -0.4 is 0 Å². The second-order valence-corrected chi connectivity index (χ2v) is 1.70. The zero-order chi connectivity index (χ0) is 5.28. The third-order valence-electron chi connectivity index (χ3n) is 0.900. The highest BCUT2D eigenvalue weighted by Crippen LogP contribution is 2.04. The topological polar surface area (TPSA) is 12.5 Å². The Hall–Kier alpha value is -0.500. The van der Waals surface area contributed by atoms with Gasteiger partial charge in [0.2, 0.25) is 0 Å². The van der Waals surface area contributed by atoms with Gasteiger partial charge in [-0.1, -0.05) is 0 Å². The summed E-state index contributed by atoms with van der Waals surface area (Å²) in [4.78, 5) is 5.08. The van der Waals surface area contributed by atoms with Crippen LogP contribution in [0.2, 0.25) is 0 Å². The monoisotopic (exact) mass is 99.1 g/mol. The third-order valence-corrected chi connectivity index (χ3v) is 0.900. The molecule has 1 aliphatic rings. The molecular formula is C5H9NO. The SMILES string of the molecule is CC1C=CN(C)O1. The maximum absolute atomic E-state index is 5.08. The molecule has 40 valence electrons. The average Bonchev–Trinajstić information content (AvgIpc) is 1.87. The summed E-state index contributed by atoms with van der Waals surface area (Å²) in [5, 5.41) is 1.70. The Morgan fingerprint density at radius 1 is 1.71 bits per heavy atom. The minimum atomic E-state index is 0.269. The van der Waals surface area contributed by atoms with Crippen molar-refractivity contribution in [2.75, 3.05) is 7.05 Å². The molecule has 1 rings (SSSR count). The smallest absolute Gasteiger partial charge is 0.103 e. The van der Waals surface area contributed by atoms with E-state index in [1.165, 1.54) is 0 Å². The molecule has 0 aromatic heterocycles. The highest BCUT2D eigenvalue weighted by molar-refractivity contribution is 4.88. The van der Waals surface area contributed by atoms with Gasteiger partial charge in [0.05, 0.1) is 0 Å². The molecule has 0 bridgehead atoms. The summed E-state index contributed by atoms with van der Waals surface area (Å²) in [6, 6.07) is 0. The van der Waals surface area contributed by atoms with Gasteiger partial charge in [-0.05, 0) is 13.0 Å². The first-order valence-corrected chi connectivity index (χ1v) is 2.37. The van der Waals surface area contributed by atoms with Crippen molar-refractivity contribution >= 4 is 0 Å². The molecule has 0 fully saturated rings. The van der Waals surface area contributed by atoms with Crippen LogP contribution >= 0.6 is 0 Å². The van der Waals surface area contributed by atoms with Gasteiger partial charge in [-0.3, -0.25) is 9.90 Å². The molecule has 0 spiro atoms. The minimum Gasteiger partial charge on any atom is -0.267 e. The Bertz CT molecular complexity index is 80.1. The van der Waals surface area contributed by atoms with Crippen molar-refractivity contribution in [3.63, 3.8) is 0 Å². The maximum atomic E-state index is 5.08. The van der Waals surface area contributed by atoms with Crippen LogP contribution in [0.1, 0.15) is 6.92 Å². The molecule has 0 aromatic carbocycles. The predicted molar refractivity (Wildman–Crippen MR) is 27.4 cm³/mol. The van der Waals surface area contributed by atoms with Gasteiger partial charge in [0.1, 0.15) is 6.10 Å². The van der Waals surface area contributed by atoms with Crippen molar-refractivity contribution in [2.24, 2.45) is 0 Å². The van der Waals surface area contributed by atoms with E-state index < -0.39 is 0 Å². The van der Waals surface area contributed by atoms with Gasteiger partial charge in [-0.25, -0.2) is 0 Å². The molecule has 0 aromatic rings. The lowest BCUT2D eigenvalue weighted by Crippen LogP contribution is -2.09. The summed E-state index contributed by atoms with van der Waals surface area (Å²) in [7, 11) is 1.88. The number of hydroxylamine groups is 2. The van der Waals surface area contributed by atoms with E-state index in [1.54, 1.807) is 5.06 Å². The van der Waals surface area contributed by atoms with Crippen LogP contribution in [-0.2, 0) is 4.84 Å². The van der Waals surface area contributed by atoms with Crippen LogP contribution in [0.4, 0.5) is 0 Å². The first-order valence-electron chi connectivity index (χ1n) is 2.37. The standard InChI is InChI=1S/C5H9NO/c1-5-3-4-6(2)7-5/h3-5H,1-2H3. The Kier molecular flexibility index (Phi) is 1.02. The molecule has 2 nitrogen and oxygen atoms in total. The number of hydrogen-bond donors (Lipinski definition) is 0. The van der Waals surface area contributed by atoms with Crippen LogP contribution in [-0.4, -0.2) is 18.2 Å². The van der Waals surface area contributed by atoms with Crippen LogP contribution in [0.15, 0.2) is 12.3 Å². The largest absolute Gasteiger partial charge is 0.267 e. The molecule has 0 saturated carbocycles. The second kappa shape index (κ2) is 1.54. The van der Waals surface area contributed by atoms with E-state index in [1.807, 2.05) is 26.2 Å². The van der Waals surface area contributed by atoms with Crippen LogP contribution in [0.25, 0.3) is 0 Å². The van der Waals surface area contributed by atoms with E-state index in [-0.39, 0.29) is 6.10 Å². The third kappa shape index (κ3) is 0.933. The summed E-state index contributed by atoms with van der Waals surface area (Å²) in [6.07, 6.45) is 4.18. The molecule has 0 saturated heterocycles. The van der Waals surface area contributed by atoms with Crippen molar-refractivity contribution < 1.29 is 4.84 Å². The number of rotatable bonds is 0. The van der Waals surface area contributed by atoms with Crippen molar-refractivity contribution in [1.29, 1.82) is 0 Å². The van der Waals surface area contributed by atoms with Crippen molar-refractivity contribution in [2.45, 2.75) is 13.0 Å². The fourth-order valence-corrected chi connectivity index (χ4v) is 0.575. The number of nitrogens with zero attached hydrogens (tertiary/aromatic N) is 1. The molecule has 7 heavy (non-hydrogen) atoms. The molecule has 0 radical (unpaired) electrons. The van der Waals surface area contributed by atoms with Gasteiger partial charge in [-0.2, -0.15) is 0 Å². The molecule has 1 aliphatic heterocycles. The molecule has 1 heterocycles. The van der Waals surface area contributed by atoms with Gasteiger partial charge in [-0.15, -0.1) is 0 Å². The molecule has 1 atom stereocenters. The van der Waals surface area contributed by atoms with E-state index in [9.17, 15) is 0 Å². The zero-order valence-electron chi connectivity index (χ0n) is 4.59. The molecule has 0 N–H and O–H groups in total. The highest BCUT2D eigenvalue weighted by Gasteiger charge is 2.05. The van der Waals surface area contributed by atoms with E-state index in [4.69, 9.17) is 4.84 Å². The highest BCUT2D eigenvalue weighted by atomic mass is 16.7. The molecular weight excluding hydrogens is 90.1 g/mol. The van der Waals surface area contributed by atoms with Gasteiger partial charge < -0.3 is 0 Å². The van der Waals surface area contributed by atoms with Crippen molar-refractivity contribution in [1.82, 2.24) is 5.06 Å². The van der Waals surface area contributed by atoms with E-state index in [0.717, 1.165) is 0 Å². The minimum absolute atomic E-state index is 0.269. The lowest BCUT2D eigenvalue weighted by molar-refractivity contribution is -0.103. The Balaban J connectivity index is 2.42. The first-order chi connectivity index (χ1) is 3.29. The first kappa shape index (κ1) is 4.65. The fraction of sp³-hybridized carbons (Fsp3) is 0.600. The molecule has 1 unspecified atom stereocenters. The number of hydrogen-bond acceptors (Lipinski definition) is 2. The van der Waals surface area contributed by atoms with Gasteiger partial charge >= 0.3 is 0 Å². The Labute approximate surface area is 43.3 Å². The van der Waals surface area contributed by atoms with Crippen molar-refractivity contribution in [3.8, 4) is 0 Å². The lowest BCUT2D eigenvalue weighted by Gasteiger charge is -2.07. The fourth-order valence-electron chi connectivity index (χ4n) is 0.575. The average molecular weight is 99.1 g/mol. The maximum Gasteiger partial charge on any atom is 0.103 e. The molecule has 0 amide bonds. The molecule has 2 heteroatoms. The van der Waals surface area contributed by atoms with E-state index >= 15 is 0 Å². The van der Waals surface area contributed by atoms with Gasteiger partial charge in [0, 0.05) is 13.2 Å². The summed E-state index contributed by atoms with van der Waals surface area (Å²) < 4.78 is 0. The van der Waals surface area contributed by atoms with Crippen LogP contribution in [0.3, 0.4) is 0 Å². The summed E-state index contributed by atoms with van der Waals surface area (Å²) in [5.41, 5.74) is 0. The van der Waals surface area contributed by atoms with Crippen LogP contribution in [0, 0.1) is 0 Å². The Morgan fingerprint density at radius 2 is 2.43 bits per heavy atom. The lowest BCUT2D eigenvalue weighted by atomic mass is 10.4. The predicted octanol–water partition coefficient (Wildman–Crippen LogP) is 0.766.